The van der Waals surface area contributed by atoms with E-state index in [1.54, 1.807) is 18.9 Å². The fraction of sp³-hybridized carbons (Fsp3) is 0.538. The van der Waals surface area contributed by atoms with Gasteiger partial charge in [-0.25, -0.2) is 0 Å². The van der Waals surface area contributed by atoms with Crippen LogP contribution in [0.5, 0.6) is 5.75 Å². The van der Waals surface area contributed by atoms with Gasteiger partial charge in [0, 0.05) is 10.9 Å². The standard InChI is InChI=1S/C13H21NOS.ClH/c1-5-10-8-13(16-4)11(6-9(2)14)7-12(10)15-3;/h7-9H,5-6,14H2,1-4H3;1H. The number of thioether (sulfide) groups is 1. The second-order valence-corrected chi connectivity index (χ2v) is 4.86. The molecular weight excluding hydrogens is 254 g/mol. The molecule has 4 heteroatoms. The van der Waals surface area contributed by atoms with E-state index in [4.69, 9.17) is 10.5 Å². The third-order valence-corrected chi connectivity index (χ3v) is 3.43. The van der Waals surface area contributed by atoms with Crippen molar-refractivity contribution in [2.24, 2.45) is 5.73 Å². The molecule has 0 saturated heterocycles. The van der Waals surface area contributed by atoms with Crippen LogP contribution in [-0.4, -0.2) is 19.4 Å². The molecule has 0 radical (unpaired) electrons. The lowest BCUT2D eigenvalue weighted by Gasteiger charge is -2.15. The molecule has 0 bridgehead atoms. The number of hydrogen-bond acceptors (Lipinski definition) is 3. The Hall–Kier alpha value is -0.380. The van der Waals surface area contributed by atoms with Crippen LogP contribution in [0.3, 0.4) is 0 Å². The SMILES string of the molecule is CCc1cc(SC)c(CC(C)N)cc1OC.Cl. The van der Waals surface area contributed by atoms with Gasteiger partial charge in [0.25, 0.3) is 0 Å². The van der Waals surface area contributed by atoms with Gasteiger partial charge in [0.05, 0.1) is 7.11 Å². The monoisotopic (exact) mass is 275 g/mol. The van der Waals surface area contributed by atoms with Crippen molar-refractivity contribution < 1.29 is 4.74 Å². The summed E-state index contributed by atoms with van der Waals surface area (Å²) in [5, 5.41) is 0. The van der Waals surface area contributed by atoms with Crippen LogP contribution in [0.25, 0.3) is 0 Å². The molecule has 17 heavy (non-hydrogen) atoms. The van der Waals surface area contributed by atoms with Gasteiger partial charge in [-0.3, -0.25) is 0 Å². The summed E-state index contributed by atoms with van der Waals surface area (Å²) in [5.74, 6) is 0.982. The van der Waals surface area contributed by atoms with E-state index in [1.807, 2.05) is 6.92 Å². The average molecular weight is 276 g/mol. The van der Waals surface area contributed by atoms with E-state index < -0.39 is 0 Å². The van der Waals surface area contributed by atoms with Crippen molar-refractivity contribution in [3.63, 3.8) is 0 Å². The van der Waals surface area contributed by atoms with Gasteiger partial charge in [-0.1, -0.05) is 6.92 Å². The molecule has 1 rings (SSSR count). The largest absolute Gasteiger partial charge is 0.496 e. The van der Waals surface area contributed by atoms with E-state index in [2.05, 4.69) is 25.3 Å². The van der Waals surface area contributed by atoms with Gasteiger partial charge in [0.15, 0.2) is 0 Å². The first-order valence-corrected chi connectivity index (χ1v) is 6.84. The molecule has 1 aromatic carbocycles. The number of halogens is 1. The van der Waals surface area contributed by atoms with Crippen LogP contribution in [0, 0.1) is 0 Å². The first-order chi connectivity index (χ1) is 7.62. The van der Waals surface area contributed by atoms with Crippen LogP contribution >= 0.6 is 24.2 Å². The molecule has 0 aromatic heterocycles. The van der Waals surface area contributed by atoms with Gasteiger partial charge in [0.2, 0.25) is 0 Å². The molecule has 1 atom stereocenters. The second kappa shape index (κ2) is 7.85. The zero-order valence-corrected chi connectivity index (χ0v) is 12.6. The summed E-state index contributed by atoms with van der Waals surface area (Å²) < 4.78 is 5.41. The van der Waals surface area contributed by atoms with E-state index >= 15 is 0 Å². The molecule has 2 nitrogen and oxygen atoms in total. The number of rotatable bonds is 5. The quantitative estimate of drug-likeness (QED) is 0.838. The Morgan fingerprint density at radius 2 is 2.00 bits per heavy atom. The lowest BCUT2D eigenvalue weighted by Crippen LogP contribution is -2.18. The van der Waals surface area contributed by atoms with Gasteiger partial charge in [-0.2, -0.15) is 0 Å². The lowest BCUT2D eigenvalue weighted by atomic mass is 10.0. The van der Waals surface area contributed by atoms with Crippen molar-refractivity contribution in [3.05, 3.63) is 23.3 Å². The predicted octanol–water partition coefficient (Wildman–Crippen LogP) is 3.29. The smallest absolute Gasteiger partial charge is 0.122 e. The van der Waals surface area contributed by atoms with E-state index in [1.165, 1.54) is 16.0 Å². The molecule has 1 unspecified atom stereocenters. The summed E-state index contributed by atoms with van der Waals surface area (Å²) in [6.07, 6.45) is 4.00. The maximum absolute atomic E-state index is 5.86. The third-order valence-electron chi connectivity index (χ3n) is 2.61. The minimum absolute atomic E-state index is 0. The molecule has 98 valence electrons. The van der Waals surface area contributed by atoms with Gasteiger partial charge in [0.1, 0.15) is 5.75 Å². The van der Waals surface area contributed by atoms with Gasteiger partial charge in [-0.05, 0) is 49.3 Å². The maximum atomic E-state index is 5.86. The van der Waals surface area contributed by atoms with Crippen molar-refractivity contribution in [1.82, 2.24) is 0 Å². The zero-order valence-electron chi connectivity index (χ0n) is 10.9. The highest BCUT2D eigenvalue weighted by atomic mass is 35.5. The Bertz CT molecular complexity index is 356. The van der Waals surface area contributed by atoms with Crippen LogP contribution in [0.2, 0.25) is 0 Å². The fourth-order valence-electron chi connectivity index (χ4n) is 1.81. The van der Waals surface area contributed by atoms with Gasteiger partial charge in [-0.15, -0.1) is 24.2 Å². The molecule has 0 fully saturated rings. The average Bonchev–Trinajstić information content (AvgIpc) is 2.27. The Balaban J connectivity index is 0.00000256. The molecule has 1 aromatic rings. The molecule has 0 aliphatic carbocycles. The van der Waals surface area contributed by atoms with Crippen LogP contribution in [0.4, 0.5) is 0 Å². The summed E-state index contributed by atoms with van der Waals surface area (Å²) in [5.41, 5.74) is 8.41. The highest BCUT2D eigenvalue weighted by molar-refractivity contribution is 7.98. The molecule has 0 aliphatic rings. The second-order valence-electron chi connectivity index (χ2n) is 4.01. The molecule has 0 amide bonds. The highest BCUT2D eigenvalue weighted by Gasteiger charge is 2.10. The molecule has 0 aliphatic heterocycles. The van der Waals surface area contributed by atoms with E-state index in [9.17, 15) is 0 Å². The van der Waals surface area contributed by atoms with Crippen molar-refractivity contribution in [1.29, 1.82) is 0 Å². The highest BCUT2D eigenvalue weighted by Crippen LogP contribution is 2.30. The fourth-order valence-corrected chi connectivity index (χ4v) is 2.47. The van der Waals surface area contributed by atoms with Crippen LogP contribution < -0.4 is 10.5 Å². The van der Waals surface area contributed by atoms with Gasteiger partial charge >= 0.3 is 0 Å². The van der Waals surface area contributed by atoms with Crippen LogP contribution in [0.15, 0.2) is 17.0 Å². The number of methoxy groups -OCH3 is 1. The van der Waals surface area contributed by atoms with Crippen LogP contribution in [-0.2, 0) is 12.8 Å². The van der Waals surface area contributed by atoms with E-state index in [-0.39, 0.29) is 18.4 Å². The number of hydrogen-bond donors (Lipinski definition) is 1. The predicted molar refractivity (Wildman–Crippen MR) is 78.8 cm³/mol. The van der Waals surface area contributed by atoms with E-state index in [0.29, 0.717) is 0 Å². The van der Waals surface area contributed by atoms with E-state index in [0.717, 1.165) is 18.6 Å². The Labute approximate surface area is 115 Å². The van der Waals surface area contributed by atoms with Crippen molar-refractivity contribution >= 4 is 24.2 Å². The van der Waals surface area contributed by atoms with Crippen molar-refractivity contribution in [2.45, 2.75) is 37.6 Å². The van der Waals surface area contributed by atoms with Crippen molar-refractivity contribution in [2.75, 3.05) is 13.4 Å². The third kappa shape index (κ3) is 4.41. The lowest BCUT2D eigenvalue weighted by molar-refractivity contribution is 0.409. The molecule has 0 spiro atoms. The molecule has 2 N–H and O–H groups in total. The first-order valence-electron chi connectivity index (χ1n) is 5.61. The number of nitrogens with two attached hydrogens (primary N) is 1. The summed E-state index contributed by atoms with van der Waals surface area (Å²) >= 11 is 1.78. The summed E-state index contributed by atoms with van der Waals surface area (Å²) in [7, 11) is 1.73. The molecular formula is C13H22ClNOS. The number of ether oxygens (including phenoxy) is 1. The minimum atomic E-state index is 0. The Kier molecular flexibility index (Phi) is 7.68. The molecule has 0 heterocycles. The topological polar surface area (TPSA) is 35.2 Å². The zero-order chi connectivity index (χ0) is 12.1. The Morgan fingerprint density at radius 1 is 1.35 bits per heavy atom. The first kappa shape index (κ1) is 16.6. The molecule has 0 saturated carbocycles. The summed E-state index contributed by atoms with van der Waals surface area (Å²) in [6.45, 7) is 4.18. The number of benzene rings is 1. The Morgan fingerprint density at radius 3 is 2.41 bits per heavy atom. The summed E-state index contributed by atoms with van der Waals surface area (Å²) in [4.78, 5) is 1.31. The normalized spacial score (nSPS) is 11.8. The van der Waals surface area contributed by atoms with Crippen LogP contribution in [0.1, 0.15) is 25.0 Å². The van der Waals surface area contributed by atoms with Gasteiger partial charge < -0.3 is 10.5 Å². The maximum Gasteiger partial charge on any atom is 0.122 e. The summed E-state index contributed by atoms with van der Waals surface area (Å²) in [6, 6.07) is 4.54. The van der Waals surface area contributed by atoms with Crippen molar-refractivity contribution in [3.8, 4) is 5.75 Å². The minimum Gasteiger partial charge on any atom is -0.496 e. The number of aryl methyl sites for hydroxylation is 1.